The average molecular weight is 387 g/mol. The van der Waals surface area contributed by atoms with Crippen molar-refractivity contribution >= 4 is 17.6 Å². The van der Waals surface area contributed by atoms with Crippen LogP contribution in [0.5, 0.6) is 0 Å². The summed E-state index contributed by atoms with van der Waals surface area (Å²) < 4.78 is 0. The molecule has 29 heavy (non-hydrogen) atoms. The third kappa shape index (κ3) is 4.82. The van der Waals surface area contributed by atoms with Crippen molar-refractivity contribution in [3.8, 4) is 11.1 Å². The number of hydrogen-bond donors (Lipinski definition) is 3. The van der Waals surface area contributed by atoms with Crippen molar-refractivity contribution in [2.24, 2.45) is 16.5 Å². The molecule has 5 nitrogen and oxygen atoms in total. The lowest BCUT2D eigenvalue weighted by molar-refractivity contribution is -0.137. The number of benzene rings is 3. The monoisotopic (exact) mass is 387 g/mol. The number of nitrogens with zero attached hydrogens (tertiary/aromatic N) is 1. The predicted molar refractivity (Wildman–Crippen MR) is 117 cm³/mol. The second-order valence-electron chi connectivity index (χ2n) is 6.88. The zero-order chi connectivity index (χ0) is 20.8. The van der Waals surface area contributed by atoms with Crippen LogP contribution in [0, 0.1) is 0 Å². The van der Waals surface area contributed by atoms with Crippen LogP contribution in [0.3, 0.4) is 0 Å². The van der Waals surface area contributed by atoms with Crippen molar-refractivity contribution in [3.05, 3.63) is 89.5 Å². The molecular weight excluding hydrogens is 362 g/mol. The molecule has 1 atom stereocenters. The van der Waals surface area contributed by atoms with Gasteiger partial charge in [0.15, 0.2) is 5.96 Å². The summed E-state index contributed by atoms with van der Waals surface area (Å²) in [6.07, 6.45) is 0.815. The lowest BCUT2D eigenvalue weighted by Gasteiger charge is -2.22. The molecule has 0 heterocycles. The minimum Gasteiger partial charge on any atom is -0.481 e. The van der Waals surface area contributed by atoms with Crippen LogP contribution >= 0.6 is 0 Å². The van der Waals surface area contributed by atoms with Crippen LogP contribution in [0.2, 0.25) is 0 Å². The number of aliphatic carboxylic acids is 1. The average Bonchev–Trinajstić information content (AvgIpc) is 2.71. The van der Waals surface area contributed by atoms with Crippen molar-refractivity contribution in [2.75, 3.05) is 0 Å². The first-order chi connectivity index (χ1) is 14.0. The summed E-state index contributed by atoms with van der Waals surface area (Å²) in [6.45, 7) is 2.09. The normalized spacial score (nSPS) is 11.6. The van der Waals surface area contributed by atoms with Crippen LogP contribution in [0.25, 0.3) is 11.1 Å². The van der Waals surface area contributed by atoms with Gasteiger partial charge in [-0.3, -0.25) is 4.79 Å². The highest BCUT2D eigenvalue weighted by atomic mass is 16.4. The fourth-order valence-electron chi connectivity index (χ4n) is 3.76. The quantitative estimate of drug-likeness (QED) is 0.412. The van der Waals surface area contributed by atoms with E-state index in [1.54, 1.807) is 0 Å². The Bertz CT molecular complexity index is 1030. The molecule has 0 aromatic heterocycles. The summed E-state index contributed by atoms with van der Waals surface area (Å²) in [5, 5.41) is 9.54. The Morgan fingerprint density at radius 2 is 1.72 bits per heavy atom. The largest absolute Gasteiger partial charge is 0.481 e. The van der Waals surface area contributed by atoms with Crippen LogP contribution < -0.4 is 11.5 Å². The van der Waals surface area contributed by atoms with Gasteiger partial charge >= 0.3 is 5.97 Å². The van der Waals surface area contributed by atoms with Crippen molar-refractivity contribution in [1.82, 2.24) is 0 Å². The number of carboxylic acids is 1. The van der Waals surface area contributed by atoms with E-state index >= 15 is 0 Å². The Labute approximate surface area is 170 Å². The molecule has 3 rings (SSSR count). The molecule has 0 radical (unpaired) electrons. The van der Waals surface area contributed by atoms with Crippen LogP contribution in [0.1, 0.15) is 36.0 Å². The smallest absolute Gasteiger partial charge is 0.304 e. The van der Waals surface area contributed by atoms with Crippen molar-refractivity contribution in [3.63, 3.8) is 0 Å². The van der Waals surface area contributed by atoms with E-state index in [0.717, 1.165) is 34.2 Å². The van der Waals surface area contributed by atoms with Crippen LogP contribution in [-0.4, -0.2) is 17.0 Å². The van der Waals surface area contributed by atoms with E-state index in [0.29, 0.717) is 5.69 Å². The van der Waals surface area contributed by atoms with Gasteiger partial charge in [0, 0.05) is 5.92 Å². The number of rotatable bonds is 7. The third-order valence-electron chi connectivity index (χ3n) is 4.94. The molecule has 0 fully saturated rings. The highest BCUT2D eigenvalue weighted by Crippen LogP contribution is 2.36. The van der Waals surface area contributed by atoms with E-state index in [2.05, 4.69) is 18.0 Å². The van der Waals surface area contributed by atoms with Gasteiger partial charge < -0.3 is 16.6 Å². The Kier molecular flexibility index (Phi) is 6.29. The van der Waals surface area contributed by atoms with Gasteiger partial charge in [-0.2, -0.15) is 0 Å². The summed E-state index contributed by atoms with van der Waals surface area (Å²) in [4.78, 5) is 15.8. The fraction of sp³-hybridized carbons (Fsp3) is 0.167. The first-order valence-corrected chi connectivity index (χ1v) is 9.58. The van der Waals surface area contributed by atoms with Gasteiger partial charge in [0.2, 0.25) is 0 Å². The minimum absolute atomic E-state index is 0.0113. The van der Waals surface area contributed by atoms with Gasteiger partial charge in [-0.05, 0) is 46.4 Å². The van der Waals surface area contributed by atoms with Gasteiger partial charge in [0.1, 0.15) is 0 Å². The molecule has 5 N–H and O–H groups in total. The summed E-state index contributed by atoms with van der Waals surface area (Å²) in [5.41, 5.74) is 16.9. The van der Waals surface area contributed by atoms with Crippen LogP contribution in [0.4, 0.5) is 5.69 Å². The number of nitrogens with two attached hydrogens (primary N) is 2. The van der Waals surface area contributed by atoms with Gasteiger partial charge in [0.05, 0.1) is 12.1 Å². The molecular formula is C24H25N3O2. The van der Waals surface area contributed by atoms with E-state index in [1.165, 1.54) is 0 Å². The summed E-state index contributed by atoms with van der Waals surface area (Å²) in [5.74, 6) is -1.03. The first kappa shape index (κ1) is 20.1. The summed E-state index contributed by atoms with van der Waals surface area (Å²) in [7, 11) is 0. The fourth-order valence-corrected chi connectivity index (χ4v) is 3.76. The molecule has 0 amide bonds. The molecule has 5 heteroatoms. The third-order valence-corrected chi connectivity index (χ3v) is 4.94. The molecule has 0 spiro atoms. The maximum atomic E-state index is 11.6. The lowest BCUT2D eigenvalue weighted by atomic mass is 9.82. The van der Waals surface area contributed by atoms with E-state index < -0.39 is 5.97 Å². The van der Waals surface area contributed by atoms with Crippen molar-refractivity contribution in [1.29, 1.82) is 0 Å². The summed E-state index contributed by atoms with van der Waals surface area (Å²) >= 11 is 0. The van der Waals surface area contributed by atoms with Crippen molar-refractivity contribution < 1.29 is 9.90 Å². The topological polar surface area (TPSA) is 102 Å². The SMILES string of the molecule is CCc1c(-c2cccc(N=C(N)N)c2)cccc1C(CC(=O)O)c1ccccc1. The van der Waals surface area contributed by atoms with E-state index in [4.69, 9.17) is 11.5 Å². The molecule has 3 aromatic carbocycles. The van der Waals surface area contributed by atoms with Crippen molar-refractivity contribution in [2.45, 2.75) is 25.7 Å². The molecule has 0 aliphatic rings. The zero-order valence-corrected chi connectivity index (χ0v) is 16.4. The standard InChI is InChI=1S/C24H25N3O2/c1-2-19-20(17-10-6-11-18(14-17)27-24(25)26)12-7-13-21(19)22(15-23(28)29)16-8-4-3-5-9-16/h3-14,22H,2,15H2,1H3,(H,28,29)(H4,25,26,27). The molecule has 0 saturated heterocycles. The molecule has 3 aromatic rings. The molecule has 148 valence electrons. The number of hydrogen-bond acceptors (Lipinski definition) is 2. The van der Waals surface area contributed by atoms with Crippen LogP contribution in [-0.2, 0) is 11.2 Å². The number of aliphatic imine (C=N–C) groups is 1. The van der Waals surface area contributed by atoms with E-state index in [9.17, 15) is 9.90 Å². The maximum Gasteiger partial charge on any atom is 0.304 e. The number of carboxylic acid groups (broad SMARTS) is 1. The van der Waals surface area contributed by atoms with Crippen LogP contribution in [0.15, 0.2) is 77.8 Å². The van der Waals surface area contributed by atoms with E-state index in [1.807, 2.05) is 66.7 Å². The first-order valence-electron chi connectivity index (χ1n) is 9.58. The number of carbonyl (C=O) groups is 1. The molecule has 1 unspecified atom stereocenters. The Morgan fingerprint density at radius 1 is 1.00 bits per heavy atom. The maximum absolute atomic E-state index is 11.6. The Hall–Kier alpha value is -3.60. The number of guanidine groups is 1. The lowest BCUT2D eigenvalue weighted by Crippen LogP contribution is -2.21. The highest BCUT2D eigenvalue weighted by molar-refractivity contribution is 5.80. The molecule has 0 saturated carbocycles. The van der Waals surface area contributed by atoms with Gasteiger partial charge in [-0.25, -0.2) is 4.99 Å². The second-order valence-corrected chi connectivity index (χ2v) is 6.88. The van der Waals surface area contributed by atoms with E-state index in [-0.39, 0.29) is 18.3 Å². The predicted octanol–water partition coefficient (Wildman–Crippen LogP) is 4.43. The minimum atomic E-state index is -0.818. The second kappa shape index (κ2) is 9.06. The van der Waals surface area contributed by atoms with Gasteiger partial charge in [0.25, 0.3) is 0 Å². The molecule has 0 aliphatic heterocycles. The molecule has 0 bridgehead atoms. The van der Waals surface area contributed by atoms with Gasteiger partial charge in [-0.15, -0.1) is 0 Å². The van der Waals surface area contributed by atoms with Gasteiger partial charge in [-0.1, -0.05) is 67.6 Å². The highest BCUT2D eigenvalue weighted by Gasteiger charge is 2.22. The molecule has 0 aliphatic carbocycles. The zero-order valence-electron chi connectivity index (χ0n) is 16.4. The Morgan fingerprint density at radius 3 is 2.38 bits per heavy atom. The summed E-state index contributed by atoms with van der Waals surface area (Å²) in [6, 6.07) is 23.6. The Balaban J connectivity index is 2.14.